The van der Waals surface area contributed by atoms with Crippen LogP contribution in [0, 0.1) is 0 Å². The van der Waals surface area contributed by atoms with E-state index in [1.54, 1.807) is 4.90 Å². The number of para-hydroxylation sites is 1. The van der Waals surface area contributed by atoms with Gasteiger partial charge in [0, 0.05) is 13.1 Å². The Balaban J connectivity index is 2.15. The van der Waals surface area contributed by atoms with Gasteiger partial charge in [0.25, 0.3) is 5.91 Å². The summed E-state index contributed by atoms with van der Waals surface area (Å²) in [6, 6.07) is 4.35. The van der Waals surface area contributed by atoms with Crippen LogP contribution in [-0.2, 0) is 0 Å². The maximum Gasteiger partial charge on any atom is 0.257 e. The van der Waals surface area contributed by atoms with Gasteiger partial charge in [-0.3, -0.25) is 4.79 Å². The second-order valence-electron chi connectivity index (χ2n) is 4.55. The maximum atomic E-state index is 12.0. The first kappa shape index (κ1) is 11.7. The average molecular weight is 236 g/mol. The molecule has 1 aromatic carbocycles. The number of phenols is 2. The number of phenolic OH excluding ortho intramolecular Hbond substituents is 2. The number of nitrogens with two attached hydrogens (primary N) is 1. The number of nitrogens with zero attached hydrogens (tertiary/aromatic N) is 1. The fourth-order valence-corrected chi connectivity index (χ4v) is 1.96. The summed E-state index contributed by atoms with van der Waals surface area (Å²) in [6.45, 7) is 2.95. The molecular weight excluding hydrogens is 220 g/mol. The van der Waals surface area contributed by atoms with Gasteiger partial charge in [0.1, 0.15) is 0 Å². The van der Waals surface area contributed by atoms with Crippen LogP contribution in [0.15, 0.2) is 18.2 Å². The van der Waals surface area contributed by atoms with Crippen molar-refractivity contribution in [2.75, 3.05) is 13.1 Å². The number of carbonyl (C=O) groups excluding carboxylic acids is 1. The minimum absolute atomic E-state index is 0.114. The van der Waals surface area contributed by atoms with Crippen LogP contribution in [0.1, 0.15) is 23.7 Å². The molecule has 0 aromatic heterocycles. The third-order valence-corrected chi connectivity index (χ3v) is 3.25. The van der Waals surface area contributed by atoms with Crippen molar-refractivity contribution in [3.05, 3.63) is 23.8 Å². The summed E-state index contributed by atoms with van der Waals surface area (Å²) in [5, 5.41) is 18.9. The number of hydrogen-bond acceptors (Lipinski definition) is 4. The van der Waals surface area contributed by atoms with E-state index < -0.39 is 0 Å². The van der Waals surface area contributed by atoms with Gasteiger partial charge in [0.2, 0.25) is 0 Å². The van der Waals surface area contributed by atoms with E-state index in [2.05, 4.69) is 0 Å². The molecule has 4 N–H and O–H groups in total. The molecule has 1 saturated heterocycles. The minimum Gasteiger partial charge on any atom is -0.504 e. The predicted octanol–water partition coefficient (Wildman–Crippen LogP) is 0.661. The highest BCUT2D eigenvalue weighted by Gasteiger charge is 2.41. The molecule has 0 bridgehead atoms. The minimum atomic E-state index is -0.372. The van der Waals surface area contributed by atoms with Crippen molar-refractivity contribution in [2.45, 2.75) is 18.9 Å². The van der Waals surface area contributed by atoms with Gasteiger partial charge in [-0.2, -0.15) is 0 Å². The van der Waals surface area contributed by atoms with Gasteiger partial charge < -0.3 is 20.8 Å². The van der Waals surface area contributed by atoms with Crippen LogP contribution in [0.2, 0.25) is 0 Å². The molecule has 0 radical (unpaired) electrons. The van der Waals surface area contributed by atoms with E-state index >= 15 is 0 Å². The van der Waals surface area contributed by atoms with E-state index in [1.807, 2.05) is 6.92 Å². The van der Waals surface area contributed by atoms with E-state index in [0.717, 1.165) is 6.42 Å². The Kier molecular flexibility index (Phi) is 2.71. The number of carbonyl (C=O) groups is 1. The lowest BCUT2D eigenvalue weighted by molar-refractivity contribution is 0.0398. The lowest BCUT2D eigenvalue weighted by atomic mass is 9.87. The van der Waals surface area contributed by atoms with E-state index in [9.17, 15) is 15.0 Å². The highest BCUT2D eigenvalue weighted by atomic mass is 16.3. The van der Waals surface area contributed by atoms with Crippen molar-refractivity contribution < 1.29 is 15.0 Å². The molecule has 0 atom stereocenters. The molecule has 1 amide bonds. The van der Waals surface area contributed by atoms with E-state index in [0.29, 0.717) is 13.1 Å². The molecule has 1 heterocycles. The second kappa shape index (κ2) is 3.92. The van der Waals surface area contributed by atoms with Crippen LogP contribution in [0.3, 0.4) is 0 Å². The van der Waals surface area contributed by atoms with E-state index in [-0.39, 0.29) is 28.5 Å². The third kappa shape index (κ3) is 1.93. The summed E-state index contributed by atoms with van der Waals surface area (Å²) in [6.07, 6.45) is 0.808. The number of rotatable bonds is 2. The lowest BCUT2D eigenvalue weighted by Gasteiger charge is -2.47. The van der Waals surface area contributed by atoms with Crippen molar-refractivity contribution >= 4 is 5.91 Å². The highest BCUT2D eigenvalue weighted by Crippen LogP contribution is 2.31. The Hall–Kier alpha value is -1.75. The van der Waals surface area contributed by atoms with Gasteiger partial charge in [-0.15, -0.1) is 0 Å². The Labute approximate surface area is 99.5 Å². The topological polar surface area (TPSA) is 86.8 Å². The zero-order chi connectivity index (χ0) is 12.6. The Morgan fingerprint density at radius 3 is 2.71 bits per heavy atom. The molecule has 0 unspecified atom stereocenters. The molecule has 0 spiro atoms. The molecule has 1 aliphatic rings. The van der Waals surface area contributed by atoms with Crippen LogP contribution < -0.4 is 5.73 Å². The van der Waals surface area contributed by atoms with Gasteiger partial charge in [-0.1, -0.05) is 13.0 Å². The van der Waals surface area contributed by atoms with Gasteiger partial charge in [0.15, 0.2) is 11.5 Å². The maximum absolute atomic E-state index is 12.0. The average Bonchev–Trinajstić information content (AvgIpc) is 2.28. The predicted molar refractivity (Wildman–Crippen MR) is 62.9 cm³/mol. The monoisotopic (exact) mass is 236 g/mol. The first-order valence-corrected chi connectivity index (χ1v) is 5.56. The summed E-state index contributed by atoms with van der Waals surface area (Å²) in [5.41, 5.74) is 5.78. The molecule has 1 aromatic rings. The van der Waals surface area contributed by atoms with Crippen molar-refractivity contribution in [2.24, 2.45) is 5.73 Å². The Bertz CT molecular complexity index is 453. The van der Waals surface area contributed by atoms with Crippen LogP contribution in [-0.4, -0.2) is 39.6 Å². The second-order valence-corrected chi connectivity index (χ2v) is 4.55. The number of aromatic hydroxyl groups is 2. The molecule has 0 saturated carbocycles. The fourth-order valence-electron chi connectivity index (χ4n) is 1.96. The number of amides is 1. The normalized spacial score (nSPS) is 17.6. The van der Waals surface area contributed by atoms with Gasteiger partial charge >= 0.3 is 0 Å². The van der Waals surface area contributed by atoms with E-state index in [4.69, 9.17) is 5.73 Å². The van der Waals surface area contributed by atoms with Crippen molar-refractivity contribution in [1.29, 1.82) is 0 Å². The van der Waals surface area contributed by atoms with Crippen molar-refractivity contribution in [3.63, 3.8) is 0 Å². The first-order chi connectivity index (χ1) is 7.97. The molecular formula is C12H16N2O3. The smallest absolute Gasteiger partial charge is 0.257 e. The van der Waals surface area contributed by atoms with E-state index in [1.165, 1.54) is 18.2 Å². The van der Waals surface area contributed by atoms with Gasteiger partial charge in [0.05, 0.1) is 11.1 Å². The zero-order valence-electron chi connectivity index (χ0n) is 9.68. The largest absolute Gasteiger partial charge is 0.504 e. The first-order valence-electron chi connectivity index (χ1n) is 5.56. The van der Waals surface area contributed by atoms with Crippen molar-refractivity contribution in [1.82, 2.24) is 4.90 Å². The summed E-state index contributed by atoms with van der Waals surface area (Å²) in [5.74, 6) is -0.956. The third-order valence-electron chi connectivity index (χ3n) is 3.25. The van der Waals surface area contributed by atoms with Crippen LogP contribution in [0.25, 0.3) is 0 Å². The summed E-state index contributed by atoms with van der Waals surface area (Å²) < 4.78 is 0. The molecule has 2 rings (SSSR count). The summed E-state index contributed by atoms with van der Waals surface area (Å²) in [4.78, 5) is 13.6. The lowest BCUT2D eigenvalue weighted by Crippen LogP contribution is -2.68. The molecule has 5 heteroatoms. The Morgan fingerprint density at radius 2 is 2.12 bits per heavy atom. The fraction of sp³-hybridized carbons (Fsp3) is 0.417. The van der Waals surface area contributed by atoms with Gasteiger partial charge in [-0.25, -0.2) is 0 Å². The molecule has 92 valence electrons. The molecule has 17 heavy (non-hydrogen) atoms. The van der Waals surface area contributed by atoms with Gasteiger partial charge in [-0.05, 0) is 18.6 Å². The zero-order valence-corrected chi connectivity index (χ0v) is 9.68. The van der Waals surface area contributed by atoms with Crippen LogP contribution >= 0.6 is 0 Å². The SMILES string of the molecule is CCC1(N)CN(C(=O)c2cccc(O)c2O)C1. The summed E-state index contributed by atoms with van der Waals surface area (Å²) >= 11 is 0. The standard InChI is InChI=1S/C12H16N2O3/c1-2-12(13)6-14(7-12)11(17)8-4-3-5-9(15)10(8)16/h3-5,15-16H,2,6-7,13H2,1H3. The summed E-state index contributed by atoms with van der Waals surface area (Å²) in [7, 11) is 0. The number of hydrogen-bond donors (Lipinski definition) is 3. The van der Waals surface area contributed by atoms with Crippen molar-refractivity contribution in [3.8, 4) is 11.5 Å². The van der Waals surface area contributed by atoms with Crippen LogP contribution in [0.5, 0.6) is 11.5 Å². The number of benzene rings is 1. The Morgan fingerprint density at radius 1 is 1.47 bits per heavy atom. The molecule has 1 aliphatic heterocycles. The molecule has 5 nitrogen and oxygen atoms in total. The quantitative estimate of drug-likeness (QED) is 0.658. The van der Waals surface area contributed by atoms with Crippen LogP contribution in [0.4, 0.5) is 0 Å². The number of likely N-dealkylation sites (tertiary alicyclic amines) is 1. The molecule has 0 aliphatic carbocycles. The molecule has 1 fully saturated rings. The highest BCUT2D eigenvalue weighted by molar-refractivity contribution is 5.98.